The summed E-state index contributed by atoms with van der Waals surface area (Å²) in [5, 5.41) is 0.699. The van der Waals surface area contributed by atoms with Crippen molar-refractivity contribution in [3.63, 3.8) is 0 Å². The predicted molar refractivity (Wildman–Crippen MR) is 153 cm³/mol. The molecule has 0 aromatic heterocycles. The molecule has 5 rings (SSSR count). The van der Waals surface area contributed by atoms with Crippen molar-refractivity contribution in [1.29, 1.82) is 0 Å². The van der Waals surface area contributed by atoms with E-state index >= 15 is 0 Å². The van der Waals surface area contributed by atoms with E-state index in [0.717, 1.165) is 17.7 Å². The smallest absolute Gasteiger partial charge is 0.416 e. The molecular weight excluding hydrogens is 596 g/mol. The van der Waals surface area contributed by atoms with E-state index in [1.807, 2.05) is 30.3 Å². The van der Waals surface area contributed by atoms with Gasteiger partial charge in [0.15, 0.2) is 0 Å². The highest BCUT2D eigenvalue weighted by atomic mass is 35.5. The summed E-state index contributed by atoms with van der Waals surface area (Å²) in [6.45, 7) is 1.72. The third-order valence-corrected chi connectivity index (χ3v) is 9.24. The van der Waals surface area contributed by atoms with Crippen LogP contribution >= 0.6 is 23.2 Å². The van der Waals surface area contributed by atoms with E-state index in [0.29, 0.717) is 41.7 Å². The Morgan fingerprint density at radius 2 is 1.49 bits per heavy atom. The Morgan fingerprint density at radius 3 is 2.10 bits per heavy atom. The molecule has 41 heavy (non-hydrogen) atoms. The molecule has 0 aliphatic carbocycles. The Bertz CT molecular complexity index is 1620. The number of nitrogens with zero attached hydrogens (tertiary/aromatic N) is 1. The lowest BCUT2D eigenvalue weighted by Gasteiger charge is -2.31. The van der Waals surface area contributed by atoms with Crippen LogP contribution in [0, 0.1) is 0 Å². The van der Waals surface area contributed by atoms with E-state index in [9.17, 15) is 21.6 Å². The van der Waals surface area contributed by atoms with Gasteiger partial charge in [-0.3, -0.25) is 4.90 Å². The minimum absolute atomic E-state index is 0.0122. The third-order valence-electron chi connectivity index (χ3n) is 6.95. The van der Waals surface area contributed by atoms with Gasteiger partial charge in [-0.25, -0.2) is 8.42 Å². The van der Waals surface area contributed by atoms with Crippen LogP contribution < -0.4 is 9.46 Å². The molecule has 1 fully saturated rings. The Morgan fingerprint density at radius 1 is 0.854 bits per heavy atom. The summed E-state index contributed by atoms with van der Waals surface area (Å²) in [5.41, 5.74) is 0.0665. The molecule has 0 bridgehead atoms. The number of ether oxygens (including phenoxy) is 1. The maximum absolute atomic E-state index is 13.6. The summed E-state index contributed by atoms with van der Waals surface area (Å²) in [6.07, 6.45) is -3.94. The zero-order valence-corrected chi connectivity index (χ0v) is 23.9. The minimum Gasteiger partial charge on any atom is -0.457 e. The summed E-state index contributed by atoms with van der Waals surface area (Å²) in [6, 6.07) is 25.0. The number of nitrogens with one attached hydrogen (secondary N) is 1. The van der Waals surface area contributed by atoms with Gasteiger partial charge in [0.25, 0.3) is 0 Å². The Kier molecular flexibility index (Phi) is 8.36. The van der Waals surface area contributed by atoms with Gasteiger partial charge in [-0.05, 0) is 78.2 Å². The number of alkyl halides is 3. The number of hydrogen-bond acceptors (Lipinski definition) is 4. The Labute approximate surface area is 246 Å². The maximum Gasteiger partial charge on any atom is 0.416 e. The molecule has 0 saturated carbocycles. The van der Waals surface area contributed by atoms with Crippen LogP contribution in [0.4, 0.5) is 13.2 Å². The summed E-state index contributed by atoms with van der Waals surface area (Å²) < 4.78 is 74.3. The minimum atomic E-state index is -4.45. The number of sulfonamides is 1. The van der Waals surface area contributed by atoms with Crippen molar-refractivity contribution in [2.75, 3.05) is 13.1 Å². The maximum atomic E-state index is 13.6. The van der Waals surface area contributed by atoms with Gasteiger partial charge in [-0.15, -0.1) is 0 Å². The molecule has 4 aromatic rings. The molecule has 214 valence electrons. The van der Waals surface area contributed by atoms with Crippen molar-refractivity contribution < 1.29 is 26.3 Å². The second-order valence-electron chi connectivity index (χ2n) is 9.86. The summed E-state index contributed by atoms with van der Waals surface area (Å²) in [4.78, 5) is 2.19. The van der Waals surface area contributed by atoms with Crippen molar-refractivity contribution >= 4 is 33.2 Å². The molecule has 5 nitrogen and oxygen atoms in total. The molecule has 4 aromatic carbocycles. The molecule has 1 N–H and O–H groups in total. The monoisotopic (exact) mass is 620 g/mol. The highest BCUT2D eigenvalue weighted by Crippen LogP contribution is 2.38. The van der Waals surface area contributed by atoms with E-state index in [2.05, 4.69) is 9.62 Å². The van der Waals surface area contributed by atoms with Crippen LogP contribution in [0.5, 0.6) is 11.5 Å². The number of benzene rings is 4. The van der Waals surface area contributed by atoms with Crippen LogP contribution in [0.3, 0.4) is 0 Å². The zero-order chi connectivity index (χ0) is 29.3. The van der Waals surface area contributed by atoms with E-state index in [1.165, 1.54) is 36.4 Å². The lowest BCUT2D eigenvalue weighted by Crippen LogP contribution is -2.47. The molecule has 1 aliphatic rings. The summed E-state index contributed by atoms with van der Waals surface area (Å²) in [7, 11) is -4.01. The van der Waals surface area contributed by atoms with Crippen molar-refractivity contribution in [3.05, 3.63) is 124 Å². The van der Waals surface area contributed by atoms with Gasteiger partial charge in [0.05, 0.1) is 26.0 Å². The number of rotatable bonds is 8. The van der Waals surface area contributed by atoms with Crippen LogP contribution in [0.15, 0.2) is 102 Å². The van der Waals surface area contributed by atoms with Crippen LogP contribution in [0.25, 0.3) is 0 Å². The SMILES string of the molecule is O=S(=O)(N[C@@]1(c2ccc(Cl)c(Cl)c2)CCN(Cc2ccccc2)C1)c1ccc(Oc2ccc(C(F)(F)F)cc2)cc1. The normalized spacial score (nSPS) is 18.0. The predicted octanol–water partition coefficient (Wildman–Crippen LogP) is 7.88. The first-order chi connectivity index (χ1) is 19.4. The van der Waals surface area contributed by atoms with Gasteiger partial charge in [-0.2, -0.15) is 17.9 Å². The molecular formula is C30H25Cl2F3N2O3S. The van der Waals surface area contributed by atoms with Crippen molar-refractivity contribution in [2.24, 2.45) is 0 Å². The van der Waals surface area contributed by atoms with Crippen LogP contribution in [0.2, 0.25) is 10.0 Å². The molecule has 0 unspecified atom stereocenters. The fourth-order valence-corrected chi connectivity index (χ4v) is 6.60. The molecule has 0 amide bonds. The van der Waals surface area contributed by atoms with Crippen molar-refractivity contribution in [1.82, 2.24) is 9.62 Å². The third kappa shape index (κ3) is 6.88. The molecule has 1 saturated heterocycles. The number of halogens is 5. The van der Waals surface area contributed by atoms with Gasteiger partial charge in [0.1, 0.15) is 11.5 Å². The van der Waals surface area contributed by atoms with Gasteiger partial charge in [0.2, 0.25) is 10.0 Å². The van der Waals surface area contributed by atoms with E-state index in [1.54, 1.807) is 18.2 Å². The van der Waals surface area contributed by atoms with E-state index < -0.39 is 27.3 Å². The van der Waals surface area contributed by atoms with E-state index in [4.69, 9.17) is 27.9 Å². The largest absolute Gasteiger partial charge is 0.457 e. The number of likely N-dealkylation sites (tertiary alicyclic amines) is 1. The number of hydrogen-bond donors (Lipinski definition) is 1. The second kappa shape index (κ2) is 11.7. The summed E-state index contributed by atoms with van der Waals surface area (Å²) in [5.74, 6) is 0.465. The Hall–Kier alpha value is -3.08. The van der Waals surface area contributed by atoms with Crippen molar-refractivity contribution in [2.45, 2.75) is 29.6 Å². The lowest BCUT2D eigenvalue weighted by atomic mass is 9.90. The van der Waals surface area contributed by atoms with Crippen LogP contribution in [-0.4, -0.2) is 26.4 Å². The fraction of sp³-hybridized carbons (Fsp3) is 0.200. The zero-order valence-electron chi connectivity index (χ0n) is 21.5. The Balaban J connectivity index is 1.37. The topological polar surface area (TPSA) is 58.6 Å². The average molecular weight is 622 g/mol. The van der Waals surface area contributed by atoms with Crippen LogP contribution in [-0.2, 0) is 28.3 Å². The first kappa shape index (κ1) is 29.4. The van der Waals surface area contributed by atoms with Crippen LogP contribution in [0.1, 0.15) is 23.1 Å². The molecule has 1 heterocycles. The van der Waals surface area contributed by atoms with E-state index in [-0.39, 0.29) is 16.4 Å². The first-order valence-corrected chi connectivity index (χ1v) is 14.9. The fourth-order valence-electron chi connectivity index (χ4n) is 4.89. The molecule has 1 aliphatic heterocycles. The molecule has 0 radical (unpaired) electrons. The van der Waals surface area contributed by atoms with Gasteiger partial charge in [-0.1, -0.05) is 59.6 Å². The average Bonchev–Trinajstić information content (AvgIpc) is 3.33. The van der Waals surface area contributed by atoms with Gasteiger partial charge in [0, 0.05) is 19.6 Å². The molecule has 1 atom stereocenters. The first-order valence-electron chi connectivity index (χ1n) is 12.6. The molecule has 0 spiro atoms. The highest BCUT2D eigenvalue weighted by Gasteiger charge is 2.43. The standard InChI is InChI=1S/C30H25Cl2F3N2O3S/c31-27-15-8-23(18-28(27)32)29(16-17-37(20-29)19-21-4-2-1-3-5-21)36-41(38,39)26-13-11-25(12-14-26)40-24-9-6-22(7-10-24)30(33,34)35/h1-15,18,36H,16-17,19-20H2/t29-/m0/s1. The second-order valence-corrected chi connectivity index (χ2v) is 12.4. The lowest BCUT2D eigenvalue weighted by molar-refractivity contribution is -0.137. The molecule has 11 heteroatoms. The summed E-state index contributed by atoms with van der Waals surface area (Å²) >= 11 is 12.5. The van der Waals surface area contributed by atoms with Gasteiger partial charge < -0.3 is 4.74 Å². The van der Waals surface area contributed by atoms with Gasteiger partial charge >= 0.3 is 6.18 Å². The highest BCUT2D eigenvalue weighted by molar-refractivity contribution is 7.89. The van der Waals surface area contributed by atoms with Crippen molar-refractivity contribution in [3.8, 4) is 11.5 Å². The quantitative estimate of drug-likeness (QED) is 0.218.